The van der Waals surface area contributed by atoms with Crippen molar-refractivity contribution in [3.63, 3.8) is 0 Å². The predicted molar refractivity (Wildman–Crippen MR) is 117 cm³/mol. The first-order chi connectivity index (χ1) is 14.6. The van der Waals surface area contributed by atoms with E-state index in [1.807, 2.05) is 16.7 Å². The van der Waals surface area contributed by atoms with Crippen molar-refractivity contribution in [2.45, 2.75) is 51.5 Å². The summed E-state index contributed by atoms with van der Waals surface area (Å²) in [6.07, 6.45) is 6.85. The van der Waals surface area contributed by atoms with Gasteiger partial charge in [-0.05, 0) is 44.6 Å². The number of nitrogens with zero attached hydrogens (tertiary/aromatic N) is 4. The molecule has 162 valence electrons. The topological polar surface area (TPSA) is 98.7 Å². The number of nitrogens with one attached hydrogen (secondary N) is 1. The molecule has 0 bridgehead atoms. The largest absolute Gasteiger partial charge is 0.394 e. The number of thiophene rings is 1. The van der Waals surface area contributed by atoms with Crippen molar-refractivity contribution < 1.29 is 14.7 Å². The number of aliphatic hydroxyl groups excluding tert-OH is 1. The summed E-state index contributed by atoms with van der Waals surface area (Å²) in [5, 5.41) is 13.9. The van der Waals surface area contributed by atoms with Crippen LogP contribution in [0.2, 0.25) is 0 Å². The number of carbonyl (C=O) groups is 2. The maximum Gasteiger partial charge on any atom is 0.264 e. The molecule has 2 aliphatic rings. The number of rotatable bonds is 7. The van der Waals surface area contributed by atoms with E-state index in [0.717, 1.165) is 66.8 Å². The Kier molecular flexibility index (Phi) is 6.48. The summed E-state index contributed by atoms with van der Waals surface area (Å²) in [6.45, 7) is 4.95. The standard InChI is InChI=1S/C21H29N5O3S/c1-14-17-19(22-8-5-10-25-9-4-7-16(25)28)23-13-24-20(17)30-18(14)21(29)26-11-3-2-6-15(26)12-27/h13,15,27H,2-12H2,1H3,(H,22,23,24)/t15-/m1/s1. The summed E-state index contributed by atoms with van der Waals surface area (Å²) in [7, 11) is 0. The van der Waals surface area contributed by atoms with Gasteiger partial charge in [-0.3, -0.25) is 9.59 Å². The van der Waals surface area contributed by atoms with Crippen LogP contribution in [-0.4, -0.2) is 75.5 Å². The number of carbonyl (C=O) groups excluding carboxylic acids is 2. The first kappa shape index (κ1) is 21.0. The summed E-state index contributed by atoms with van der Waals surface area (Å²) in [5.41, 5.74) is 0.889. The third-order valence-electron chi connectivity index (χ3n) is 6.09. The quantitative estimate of drug-likeness (QED) is 0.653. The molecule has 2 aliphatic heterocycles. The van der Waals surface area contributed by atoms with Gasteiger partial charge in [0.25, 0.3) is 5.91 Å². The van der Waals surface area contributed by atoms with Gasteiger partial charge in [0, 0.05) is 32.6 Å². The molecule has 2 N–H and O–H groups in total. The van der Waals surface area contributed by atoms with Gasteiger partial charge < -0.3 is 20.2 Å². The summed E-state index contributed by atoms with van der Waals surface area (Å²) >= 11 is 1.40. The van der Waals surface area contributed by atoms with Crippen LogP contribution in [0, 0.1) is 6.92 Å². The highest BCUT2D eigenvalue weighted by molar-refractivity contribution is 7.20. The van der Waals surface area contributed by atoms with Gasteiger partial charge in [0.15, 0.2) is 0 Å². The molecule has 0 aromatic carbocycles. The second kappa shape index (κ2) is 9.26. The predicted octanol–water partition coefficient (Wildman–Crippen LogP) is 2.41. The fraction of sp³-hybridized carbons (Fsp3) is 0.619. The Morgan fingerprint density at radius 1 is 1.30 bits per heavy atom. The molecule has 30 heavy (non-hydrogen) atoms. The lowest BCUT2D eigenvalue weighted by Crippen LogP contribution is -2.45. The molecule has 2 saturated heterocycles. The zero-order valence-electron chi connectivity index (χ0n) is 17.4. The van der Waals surface area contributed by atoms with Crippen molar-refractivity contribution in [2.24, 2.45) is 0 Å². The summed E-state index contributed by atoms with van der Waals surface area (Å²) in [5.74, 6) is 0.959. The number of aromatic nitrogens is 2. The Labute approximate surface area is 180 Å². The minimum absolute atomic E-state index is 0.00180. The molecule has 0 saturated carbocycles. The highest BCUT2D eigenvalue weighted by atomic mass is 32.1. The van der Waals surface area contributed by atoms with Gasteiger partial charge >= 0.3 is 0 Å². The number of aryl methyl sites for hydroxylation is 1. The van der Waals surface area contributed by atoms with E-state index < -0.39 is 0 Å². The second-order valence-electron chi connectivity index (χ2n) is 8.05. The minimum atomic E-state index is -0.104. The van der Waals surface area contributed by atoms with Crippen molar-refractivity contribution in [1.82, 2.24) is 19.8 Å². The Hall–Kier alpha value is -2.26. The fourth-order valence-electron chi connectivity index (χ4n) is 4.41. The Morgan fingerprint density at radius 2 is 2.17 bits per heavy atom. The van der Waals surface area contributed by atoms with Gasteiger partial charge in [-0.2, -0.15) is 0 Å². The molecule has 0 aliphatic carbocycles. The molecule has 4 heterocycles. The van der Waals surface area contributed by atoms with Crippen LogP contribution in [0.4, 0.5) is 5.82 Å². The number of hydrogen-bond acceptors (Lipinski definition) is 7. The van der Waals surface area contributed by atoms with Gasteiger partial charge in [-0.1, -0.05) is 0 Å². The zero-order chi connectivity index (χ0) is 21.1. The van der Waals surface area contributed by atoms with Crippen LogP contribution in [-0.2, 0) is 4.79 Å². The van der Waals surface area contributed by atoms with E-state index in [2.05, 4.69) is 15.3 Å². The number of piperidine rings is 1. The van der Waals surface area contributed by atoms with E-state index in [1.54, 1.807) is 0 Å². The van der Waals surface area contributed by atoms with Gasteiger partial charge in [0.2, 0.25) is 5.91 Å². The third kappa shape index (κ3) is 4.13. The molecule has 0 radical (unpaired) electrons. The second-order valence-corrected chi connectivity index (χ2v) is 9.05. The van der Waals surface area contributed by atoms with Crippen molar-refractivity contribution >= 4 is 39.2 Å². The van der Waals surface area contributed by atoms with Gasteiger partial charge in [-0.15, -0.1) is 11.3 Å². The molecular weight excluding hydrogens is 402 g/mol. The molecular formula is C21H29N5O3S. The first-order valence-corrected chi connectivity index (χ1v) is 11.6. The normalized spacial score (nSPS) is 19.7. The number of likely N-dealkylation sites (tertiary alicyclic amines) is 2. The summed E-state index contributed by atoms with van der Waals surface area (Å²) in [4.78, 5) is 39.0. The van der Waals surface area contributed by atoms with E-state index in [4.69, 9.17) is 0 Å². The third-order valence-corrected chi connectivity index (χ3v) is 7.28. The van der Waals surface area contributed by atoms with Gasteiger partial charge in [0.05, 0.1) is 22.9 Å². The molecule has 1 atom stereocenters. The smallest absolute Gasteiger partial charge is 0.264 e. The van der Waals surface area contributed by atoms with Crippen LogP contribution < -0.4 is 5.32 Å². The van der Waals surface area contributed by atoms with Crippen LogP contribution in [0.15, 0.2) is 6.33 Å². The highest BCUT2D eigenvalue weighted by Crippen LogP contribution is 2.35. The number of hydrogen-bond donors (Lipinski definition) is 2. The molecule has 2 aromatic heterocycles. The van der Waals surface area contributed by atoms with Crippen LogP contribution >= 0.6 is 11.3 Å². The monoisotopic (exact) mass is 431 g/mol. The van der Waals surface area contributed by atoms with Crippen molar-refractivity contribution in [3.8, 4) is 0 Å². The number of anilines is 1. The average molecular weight is 432 g/mol. The average Bonchev–Trinajstić information content (AvgIpc) is 3.33. The highest BCUT2D eigenvalue weighted by Gasteiger charge is 2.30. The van der Waals surface area contributed by atoms with Crippen LogP contribution in [0.5, 0.6) is 0 Å². The maximum absolute atomic E-state index is 13.2. The summed E-state index contributed by atoms with van der Waals surface area (Å²) in [6, 6.07) is -0.104. The Morgan fingerprint density at radius 3 is 2.93 bits per heavy atom. The lowest BCUT2D eigenvalue weighted by Gasteiger charge is -2.34. The molecule has 2 aromatic rings. The van der Waals surface area contributed by atoms with Crippen LogP contribution in [0.1, 0.15) is 53.8 Å². The van der Waals surface area contributed by atoms with E-state index >= 15 is 0 Å². The fourth-order valence-corrected chi connectivity index (χ4v) is 5.52. The first-order valence-electron chi connectivity index (χ1n) is 10.8. The Balaban J connectivity index is 1.48. The van der Waals surface area contributed by atoms with E-state index in [1.165, 1.54) is 17.7 Å². The number of amides is 2. The molecule has 2 amide bonds. The van der Waals surface area contributed by atoms with Crippen molar-refractivity contribution in [1.29, 1.82) is 0 Å². The van der Waals surface area contributed by atoms with Crippen molar-refractivity contribution in [3.05, 3.63) is 16.8 Å². The number of aliphatic hydroxyl groups is 1. The lowest BCUT2D eigenvalue weighted by molar-refractivity contribution is -0.127. The molecule has 0 spiro atoms. The molecule has 2 fully saturated rings. The van der Waals surface area contributed by atoms with E-state index in [0.29, 0.717) is 24.4 Å². The van der Waals surface area contributed by atoms with Crippen LogP contribution in [0.3, 0.4) is 0 Å². The molecule has 4 rings (SSSR count). The maximum atomic E-state index is 13.2. The number of fused-ring (bicyclic) bond motifs is 1. The molecule has 0 unspecified atom stereocenters. The minimum Gasteiger partial charge on any atom is -0.394 e. The zero-order valence-corrected chi connectivity index (χ0v) is 18.2. The molecule has 8 nitrogen and oxygen atoms in total. The van der Waals surface area contributed by atoms with Crippen LogP contribution in [0.25, 0.3) is 10.2 Å². The lowest BCUT2D eigenvalue weighted by atomic mass is 10.0. The van der Waals surface area contributed by atoms with E-state index in [9.17, 15) is 14.7 Å². The summed E-state index contributed by atoms with van der Waals surface area (Å²) < 4.78 is 0. The van der Waals surface area contributed by atoms with E-state index in [-0.39, 0.29) is 24.5 Å². The van der Waals surface area contributed by atoms with Gasteiger partial charge in [-0.25, -0.2) is 9.97 Å². The van der Waals surface area contributed by atoms with Crippen molar-refractivity contribution in [2.75, 3.05) is 38.1 Å². The van der Waals surface area contributed by atoms with Gasteiger partial charge in [0.1, 0.15) is 17.0 Å². The Bertz CT molecular complexity index is 931. The SMILES string of the molecule is Cc1c(C(=O)N2CCCC[C@@H]2CO)sc2ncnc(NCCCN3CCCC3=O)c12. The molecule has 9 heteroatoms.